The molecule has 3 aromatic rings. The largest absolute Gasteiger partial charge is 0.377 e. The fraction of sp³-hybridized carbons (Fsp3) is 0.227. The van der Waals surface area contributed by atoms with E-state index >= 15 is 0 Å². The van der Waals surface area contributed by atoms with Crippen molar-refractivity contribution in [1.82, 2.24) is 9.97 Å². The van der Waals surface area contributed by atoms with E-state index in [1.54, 1.807) is 0 Å². The molecular formula is C22H23N5. The van der Waals surface area contributed by atoms with E-state index in [9.17, 15) is 0 Å². The fourth-order valence-corrected chi connectivity index (χ4v) is 3.46. The lowest BCUT2D eigenvalue weighted by molar-refractivity contribution is 0.711. The van der Waals surface area contributed by atoms with Gasteiger partial charge in [0.2, 0.25) is 0 Å². The number of amidine groups is 1. The van der Waals surface area contributed by atoms with Gasteiger partial charge in [0.25, 0.3) is 0 Å². The standard InChI is InChI=1S/C22H23N5/c1-26(2)20-11-13-23-15-19(20)22-25-18(14-17-8-4-3-5-9-17)16-27(22)21-10-6-7-12-24-21/h3-13,15,18H,14,16H2,1-2H3/t18-/m0/s1. The van der Waals surface area contributed by atoms with Crippen LogP contribution in [0.4, 0.5) is 11.5 Å². The van der Waals surface area contributed by atoms with Gasteiger partial charge in [0.1, 0.15) is 11.7 Å². The van der Waals surface area contributed by atoms with Crippen LogP contribution in [0.15, 0.2) is 78.2 Å². The molecule has 0 N–H and O–H groups in total. The topological polar surface area (TPSA) is 44.6 Å². The summed E-state index contributed by atoms with van der Waals surface area (Å²) in [5, 5.41) is 0. The number of hydrogen-bond acceptors (Lipinski definition) is 5. The Morgan fingerprint density at radius 2 is 1.81 bits per heavy atom. The van der Waals surface area contributed by atoms with Crippen molar-refractivity contribution in [3.8, 4) is 0 Å². The van der Waals surface area contributed by atoms with Crippen LogP contribution in [0, 0.1) is 0 Å². The zero-order chi connectivity index (χ0) is 18.6. The highest BCUT2D eigenvalue weighted by atomic mass is 15.3. The highest BCUT2D eigenvalue weighted by Crippen LogP contribution is 2.27. The summed E-state index contributed by atoms with van der Waals surface area (Å²) in [6.45, 7) is 0.809. The average Bonchev–Trinajstić information content (AvgIpc) is 3.13. The van der Waals surface area contributed by atoms with E-state index in [1.807, 2.05) is 63.0 Å². The summed E-state index contributed by atoms with van der Waals surface area (Å²) >= 11 is 0. The summed E-state index contributed by atoms with van der Waals surface area (Å²) in [7, 11) is 4.09. The first-order valence-corrected chi connectivity index (χ1v) is 9.14. The van der Waals surface area contributed by atoms with Crippen LogP contribution in [0.2, 0.25) is 0 Å². The lowest BCUT2D eigenvalue weighted by Gasteiger charge is -2.23. The van der Waals surface area contributed by atoms with Gasteiger partial charge in [-0.15, -0.1) is 0 Å². The van der Waals surface area contributed by atoms with Crippen molar-refractivity contribution in [3.05, 3.63) is 84.3 Å². The van der Waals surface area contributed by atoms with Crippen molar-refractivity contribution in [2.45, 2.75) is 12.5 Å². The fourth-order valence-electron chi connectivity index (χ4n) is 3.46. The molecule has 5 heteroatoms. The summed E-state index contributed by atoms with van der Waals surface area (Å²) < 4.78 is 0. The Balaban J connectivity index is 1.73. The zero-order valence-electron chi connectivity index (χ0n) is 15.7. The van der Waals surface area contributed by atoms with Crippen LogP contribution < -0.4 is 9.80 Å². The molecule has 0 spiro atoms. The first kappa shape index (κ1) is 17.2. The van der Waals surface area contributed by atoms with Gasteiger partial charge in [0.05, 0.1) is 17.3 Å². The number of pyridine rings is 2. The summed E-state index contributed by atoms with van der Waals surface area (Å²) in [5.41, 5.74) is 3.43. The molecule has 27 heavy (non-hydrogen) atoms. The van der Waals surface area contributed by atoms with Crippen molar-refractivity contribution in [3.63, 3.8) is 0 Å². The minimum absolute atomic E-state index is 0.180. The molecule has 5 nitrogen and oxygen atoms in total. The van der Waals surface area contributed by atoms with Crippen LogP contribution in [0.1, 0.15) is 11.1 Å². The third-order valence-corrected chi connectivity index (χ3v) is 4.71. The van der Waals surface area contributed by atoms with Crippen molar-refractivity contribution in [2.24, 2.45) is 4.99 Å². The molecule has 0 radical (unpaired) electrons. The quantitative estimate of drug-likeness (QED) is 0.702. The molecule has 0 amide bonds. The maximum absolute atomic E-state index is 5.09. The number of benzene rings is 1. The Morgan fingerprint density at radius 1 is 1.00 bits per heavy atom. The number of anilines is 2. The molecule has 0 saturated carbocycles. The third kappa shape index (κ3) is 3.67. The second kappa shape index (κ2) is 7.58. The first-order valence-electron chi connectivity index (χ1n) is 9.14. The summed E-state index contributed by atoms with van der Waals surface area (Å²) in [5.74, 6) is 1.85. The molecule has 1 aliphatic rings. The molecule has 136 valence electrons. The van der Waals surface area contributed by atoms with Crippen LogP contribution in [-0.4, -0.2) is 42.5 Å². The van der Waals surface area contributed by atoms with Crippen LogP contribution in [0.3, 0.4) is 0 Å². The van der Waals surface area contributed by atoms with Gasteiger partial charge < -0.3 is 9.80 Å². The van der Waals surface area contributed by atoms with Gasteiger partial charge in [-0.25, -0.2) is 4.98 Å². The monoisotopic (exact) mass is 357 g/mol. The van der Waals surface area contributed by atoms with E-state index in [4.69, 9.17) is 4.99 Å². The first-order chi connectivity index (χ1) is 13.2. The second-order valence-electron chi connectivity index (χ2n) is 6.88. The minimum atomic E-state index is 0.180. The predicted molar refractivity (Wildman–Crippen MR) is 111 cm³/mol. The zero-order valence-corrected chi connectivity index (χ0v) is 15.7. The van der Waals surface area contributed by atoms with Crippen LogP contribution in [0.5, 0.6) is 0 Å². The molecule has 1 aromatic carbocycles. The summed E-state index contributed by atoms with van der Waals surface area (Å²) in [6.07, 6.45) is 6.45. The SMILES string of the molecule is CN(C)c1ccncc1C1=N[C@@H](Cc2ccccc2)CN1c1ccccn1. The van der Waals surface area contributed by atoms with Crippen molar-refractivity contribution in [2.75, 3.05) is 30.4 Å². The molecular weight excluding hydrogens is 334 g/mol. The van der Waals surface area contributed by atoms with E-state index in [1.165, 1.54) is 5.56 Å². The number of aliphatic imine (C=N–C) groups is 1. The molecule has 0 bridgehead atoms. The van der Waals surface area contributed by atoms with Gasteiger partial charge in [-0.2, -0.15) is 0 Å². The maximum Gasteiger partial charge on any atom is 0.140 e. The molecule has 3 heterocycles. The van der Waals surface area contributed by atoms with Gasteiger partial charge in [0.15, 0.2) is 0 Å². The molecule has 4 rings (SSSR count). The summed E-state index contributed by atoms with van der Waals surface area (Å²) in [6, 6.07) is 18.7. The van der Waals surface area contributed by atoms with Crippen LogP contribution in [0.25, 0.3) is 0 Å². The van der Waals surface area contributed by atoms with E-state index in [-0.39, 0.29) is 6.04 Å². The van der Waals surface area contributed by atoms with Crippen molar-refractivity contribution < 1.29 is 0 Å². The molecule has 0 aliphatic carbocycles. The lowest BCUT2D eigenvalue weighted by atomic mass is 10.1. The Hall–Kier alpha value is -3.21. The predicted octanol–water partition coefficient (Wildman–Crippen LogP) is 3.42. The van der Waals surface area contributed by atoms with Crippen LogP contribution >= 0.6 is 0 Å². The molecule has 0 saturated heterocycles. The number of nitrogens with zero attached hydrogens (tertiary/aromatic N) is 5. The Kier molecular flexibility index (Phi) is 4.83. The van der Waals surface area contributed by atoms with E-state index in [0.717, 1.165) is 35.9 Å². The summed E-state index contributed by atoms with van der Waals surface area (Å²) in [4.78, 5) is 18.3. The van der Waals surface area contributed by atoms with E-state index < -0.39 is 0 Å². The molecule has 1 aliphatic heterocycles. The maximum atomic E-state index is 5.09. The van der Waals surface area contributed by atoms with Gasteiger partial charge in [-0.1, -0.05) is 36.4 Å². The number of rotatable bonds is 5. The van der Waals surface area contributed by atoms with Gasteiger partial charge in [-0.3, -0.25) is 9.98 Å². The smallest absolute Gasteiger partial charge is 0.140 e. The Morgan fingerprint density at radius 3 is 2.56 bits per heavy atom. The van der Waals surface area contributed by atoms with Gasteiger partial charge >= 0.3 is 0 Å². The normalized spacial score (nSPS) is 16.3. The molecule has 0 unspecified atom stereocenters. The van der Waals surface area contributed by atoms with Crippen molar-refractivity contribution in [1.29, 1.82) is 0 Å². The molecule has 1 atom stereocenters. The van der Waals surface area contributed by atoms with Crippen molar-refractivity contribution >= 4 is 17.3 Å². The number of hydrogen-bond donors (Lipinski definition) is 0. The highest BCUT2D eigenvalue weighted by molar-refractivity contribution is 6.13. The molecule has 2 aromatic heterocycles. The second-order valence-corrected chi connectivity index (χ2v) is 6.88. The Bertz CT molecular complexity index is 922. The number of aromatic nitrogens is 2. The minimum Gasteiger partial charge on any atom is -0.377 e. The lowest BCUT2D eigenvalue weighted by Crippen LogP contribution is -2.32. The highest BCUT2D eigenvalue weighted by Gasteiger charge is 2.30. The third-order valence-electron chi connectivity index (χ3n) is 4.71. The average molecular weight is 357 g/mol. The van der Waals surface area contributed by atoms with Gasteiger partial charge in [-0.05, 0) is 30.2 Å². The van der Waals surface area contributed by atoms with E-state index in [0.29, 0.717) is 0 Å². The molecule has 0 fully saturated rings. The van der Waals surface area contributed by atoms with Gasteiger partial charge in [0, 0.05) is 39.2 Å². The Labute approximate surface area is 160 Å². The van der Waals surface area contributed by atoms with E-state index in [2.05, 4.69) is 44.0 Å². The van der Waals surface area contributed by atoms with Crippen LogP contribution in [-0.2, 0) is 6.42 Å².